The standard InChI is InChI=1S/C35H34F3N5O4S/c1-22-20-48-32(41-22)19-43(2)34(46)27-14-25(31-18-40-21-47-31)13-26(15-27)33(45)42-29(12-23-7-4-3-5-8-23)30(44)17-39-16-24-9-6-10-28(11-24)35(36,37)38/h3-11,13-15,18,20-21,29-30,39,44H,12,16-17,19H2,1-2H3,(H,42,45)/t29-,30+/m0/s1. The average molecular weight is 678 g/mol. The quantitative estimate of drug-likeness (QED) is 0.142. The SMILES string of the molecule is Cc1csc(CN(C)C(=O)c2cc(C(=O)N[C@@H](Cc3ccccc3)[C@H](O)CNCc3cccc(C(F)(F)F)c3)cc(-c3cnco3)c2)n1. The van der Waals surface area contributed by atoms with Crippen LogP contribution in [0.15, 0.2) is 95.2 Å². The monoisotopic (exact) mass is 677 g/mol. The largest absolute Gasteiger partial charge is 0.444 e. The summed E-state index contributed by atoms with van der Waals surface area (Å²) in [5, 5.41) is 19.8. The Morgan fingerprint density at radius 3 is 2.46 bits per heavy atom. The Labute approximate surface area is 279 Å². The number of hydrogen-bond acceptors (Lipinski definition) is 8. The van der Waals surface area contributed by atoms with Crippen molar-refractivity contribution in [3.63, 3.8) is 0 Å². The van der Waals surface area contributed by atoms with Crippen molar-refractivity contribution in [1.29, 1.82) is 0 Å². The van der Waals surface area contributed by atoms with Gasteiger partial charge in [-0.1, -0.05) is 48.5 Å². The van der Waals surface area contributed by atoms with E-state index in [-0.39, 0.29) is 43.1 Å². The maximum atomic E-state index is 13.8. The van der Waals surface area contributed by atoms with E-state index in [1.165, 1.54) is 41.0 Å². The molecule has 9 nitrogen and oxygen atoms in total. The second kappa shape index (κ2) is 15.4. The summed E-state index contributed by atoms with van der Waals surface area (Å²) in [5.41, 5.74) is 2.22. The number of nitrogens with zero attached hydrogens (tertiary/aromatic N) is 3. The van der Waals surface area contributed by atoms with Crippen molar-refractivity contribution in [2.45, 2.75) is 44.8 Å². The molecule has 5 rings (SSSR count). The molecule has 3 N–H and O–H groups in total. The minimum Gasteiger partial charge on any atom is -0.444 e. The first-order chi connectivity index (χ1) is 23.0. The molecule has 0 aliphatic carbocycles. The Balaban J connectivity index is 1.35. The van der Waals surface area contributed by atoms with Gasteiger partial charge in [0, 0.05) is 47.9 Å². The predicted octanol–water partition coefficient (Wildman–Crippen LogP) is 5.89. The van der Waals surface area contributed by atoms with Gasteiger partial charge in [-0.25, -0.2) is 9.97 Å². The number of carbonyl (C=O) groups excluding carboxylic acids is 2. The number of thiazole rings is 1. The summed E-state index contributed by atoms with van der Waals surface area (Å²) in [5.74, 6) is -0.518. The highest BCUT2D eigenvalue weighted by atomic mass is 32.1. The van der Waals surface area contributed by atoms with Crippen molar-refractivity contribution in [2.75, 3.05) is 13.6 Å². The highest BCUT2D eigenvalue weighted by Crippen LogP contribution is 2.29. The third-order valence-corrected chi connectivity index (χ3v) is 8.51. The van der Waals surface area contributed by atoms with Crippen LogP contribution >= 0.6 is 11.3 Å². The van der Waals surface area contributed by atoms with E-state index in [1.807, 2.05) is 42.6 Å². The molecular weight excluding hydrogens is 643 g/mol. The Morgan fingerprint density at radius 1 is 1.02 bits per heavy atom. The van der Waals surface area contributed by atoms with Gasteiger partial charge in [0.05, 0.1) is 30.5 Å². The van der Waals surface area contributed by atoms with Crippen molar-refractivity contribution in [1.82, 2.24) is 25.5 Å². The second-order valence-corrected chi connectivity index (χ2v) is 12.3. The molecule has 13 heteroatoms. The molecule has 0 saturated carbocycles. The van der Waals surface area contributed by atoms with E-state index in [0.29, 0.717) is 16.9 Å². The van der Waals surface area contributed by atoms with Crippen LogP contribution < -0.4 is 10.6 Å². The number of alkyl halides is 3. The van der Waals surface area contributed by atoms with Crippen molar-refractivity contribution in [3.05, 3.63) is 129 Å². The summed E-state index contributed by atoms with van der Waals surface area (Å²) in [6.45, 7) is 2.22. The number of rotatable bonds is 13. The molecule has 2 aromatic heterocycles. The molecule has 2 heterocycles. The maximum Gasteiger partial charge on any atom is 0.416 e. The number of nitrogens with one attached hydrogen (secondary N) is 2. The summed E-state index contributed by atoms with van der Waals surface area (Å²) in [6, 6.07) is 18.1. The van der Waals surface area contributed by atoms with Gasteiger partial charge in [-0.05, 0) is 48.7 Å². The first-order valence-corrected chi connectivity index (χ1v) is 15.9. The Morgan fingerprint density at radius 2 is 1.77 bits per heavy atom. The van der Waals surface area contributed by atoms with Gasteiger partial charge in [-0.3, -0.25) is 9.59 Å². The highest BCUT2D eigenvalue weighted by molar-refractivity contribution is 7.09. The lowest BCUT2D eigenvalue weighted by molar-refractivity contribution is -0.137. The van der Waals surface area contributed by atoms with E-state index in [0.717, 1.165) is 28.4 Å². The zero-order valence-corrected chi connectivity index (χ0v) is 27.0. The molecule has 2 amide bonds. The Bertz CT molecular complexity index is 1830. The molecule has 0 fully saturated rings. The molecule has 0 bridgehead atoms. The molecular formula is C35H34F3N5O4S. The summed E-state index contributed by atoms with van der Waals surface area (Å²) in [7, 11) is 1.65. The molecule has 48 heavy (non-hydrogen) atoms. The fourth-order valence-corrected chi connectivity index (χ4v) is 5.94. The number of hydrogen-bond donors (Lipinski definition) is 3. The number of oxazole rings is 1. The van der Waals surface area contributed by atoms with Crippen LogP contribution in [-0.2, 0) is 25.7 Å². The number of aliphatic hydroxyl groups is 1. The number of carbonyl (C=O) groups is 2. The van der Waals surface area contributed by atoms with Crippen LogP contribution in [0.1, 0.15) is 48.1 Å². The first kappa shape index (κ1) is 34.5. The normalized spacial score (nSPS) is 12.8. The summed E-state index contributed by atoms with van der Waals surface area (Å²) >= 11 is 1.45. The molecule has 0 aliphatic heterocycles. The van der Waals surface area contributed by atoms with Gasteiger partial charge in [0.15, 0.2) is 12.2 Å². The number of halogens is 3. The van der Waals surface area contributed by atoms with Crippen LogP contribution in [0, 0.1) is 6.92 Å². The predicted molar refractivity (Wildman–Crippen MR) is 175 cm³/mol. The van der Waals surface area contributed by atoms with E-state index < -0.39 is 29.8 Å². The van der Waals surface area contributed by atoms with Gasteiger partial charge < -0.3 is 25.1 Å². The van der Waals surface area contributed by atoms with E-state index in [9.17, 15) is 27.9 Å². The number of aliphatic hydroxyl groups excluding tert-OH is 1. The minimum absolute atomic E-state index is 0.0170. The zero-order chi connectivity index (χ0) is 34.3. The van der Waals surface area contributed by atoms with Crippen LogP contribution in [0.3, 0.4) is 0 Å². The third kappa shape index (κ3) is 9.15. The smallest absolute Gasteiger partial charge is 0.416 e. The summed E-state index contributed by atoms with van der Waals surface area (Å²) in [4.78, 5) is 37.3. The average Bonchev–Trinajstić information content (AvgIpc) is 3.76. The molecule has 3 aromatic carbocycles. The molecule has 0 unspecified atom stereocenters. The van der Waals surface area contributed by atoms with Gasteiger partial charge in [-0.15, -0.1) is 11.3 Å². The number of benzene rings is 3. The molecule has 5 aromatic rings. The first-order valence-electron chi connectivity index (χ1n) is 15.1. The van der Waals surface area contributed by atoms with Crippen molar-refractivity contribution >= 4 is 23.2 Å². The zero-order valence-electron chi connectivity index (χ0n) is 26.2. The van der Waals surface area contributed by atoms with Crippen LogP contribution in [0.5, 0.6) is 0 Å². The fourth-order valence-electron chi connectivity index (χ4n) is 5.12. The molecule has 0 spiro atoms. The van der Waals surface area contributed by atoms with E-state index in [4.69, 9.17) is 4.42 Å². The van der Waals surface area contributed by atoms with Gasteiger partial charge in [0.1, 0.15) is 5.01 Å². The highest BCUT2D eigenvalue weighted by Gasteiger charge is 2.30. The third-order valence-electron chi connectivity index (χ3n) is 7.56. The minimum atomic E-state index is -4.47. The fraction of sp³-hybridized carbons (Fsp3) is 0.257. The van der Waals surface area contributed by atoms with Crippen LogP contribution in [-0.4, -0.2) is 57.5 Å². The summed E-state index contributed by atoms with van der Waals surface area (Å²) in [6.07, 6.45) is -2.59. The van der Waals surface area contributed by atoms with E-state index in [1.54, 1.807) is 25.2 Å². The lowest BCUT2D eigenvalue weighted by atomic mass is 9.99. The Kier molecular flexibility index (Phi) is 11.0. The van der Waals surface area contributed by atoms with Gasteiger partial charge >= 0.3 is 6.18 Å². The summed E-state index contributed by atoms with van der Waals surface area (Å²) < 4.78 is 45.0. The molecule has 0 aliphatic rings. The van der Waals surface area contributed by atoms with Crippen LogP contribution in [0.2, 0.25) is 0 Å². The molecule has 2 atom stereocenters. The van der Waals surface area contributed by atoms with E-state index in [2.05, 4.69) is 20.6 Å². The maximum absolute atomic E-state index is 13.8. The number of aryl methyl sites for hydroxylation is 1. The lowest BCUT2D eigenvalue weighted by Crippen LogP contribution is -2.48. The molecule has 0 radical (unpaired) electrons. The van der Waals surface area contributed by atoms with Crippen molar-refractivity contribution < 1.29 is 32.3 Å². The second-order valence-electron chi connectivity index (χ2n) is 11.4. The number of aromatic nitrogens is 2. The Hall–Kier alpha value is -4.85. The van der Waals surface area contributed by atoms with Gasteiger partial charge in [-0.2, -0.15) is 13.2 Å². The number of amides is 2. The lowest BCUT2D eigenvalue weighted by Gasteiger charge is -2.25. The van der Waals surface area contributed by atoms with Crippen molar-refractivity contribution in [3.8, 4) is 11.3 Å². The van der Waals surface area contributed by atoms with Crippen molar-refractivity contribution in [2.24, 2.45) is 0 Å². The van der Waals surface area contributed by atoms with Gasteiger partial charge in [0.2, 0.25) is 0 Å². The van der Waals surface area contributed by atoms with Crippen LogP contribution in [0.4, 0.5) is 13.2 Å². The van der Waals surface area contributed by atoms with E-state index >= 15 is 0 Å². The topological polar surface area (TPSA) is 121 Å². The molecule has 0 saturated heterocycles. The van der Waals surface area contributed by atoms with Crippen LogP contribution in [0.25, 0.3) is 11.3 Å². The van der Waals surface area contributed by atoms with Gasteiger partial charge in [0.25, 0.3) is 11.8 Å². The molecule has 250 valence electrons.